The molecule has 2 bridgehead atoms. The number of nitrogens with two attached hydrogens (primary N) is 1. The van der Waals surface area contributed by atoms with Crippen molar-refractivity contribution in [1.82, 2.24) is 0 Å². The Morgan fingerprint density at radius 1 is 1.64 bits per heavy atom. The highest BCUT2D eigenvalue weighted by molar-refractivity contribution is 5.23. The van der Waals surface area contributed by atoms with Gasteiger partial charge in [0.15, 0.2) is 0 Å². The first-order valence-corrected chi connectivity index (χ1v) is 4.55. The van der Waals surface area contributed by atoms with Crippen molar-refractivity contribution < 1.29 is 0 Å². The molecule has 0 radical (unpaired) electrons. The minimum atomic E-state index is 0.559. The highest BCUT2D eigenvalue weighted by Gasteiger charge is 2.50. The first kappa shape index (κ1) is 7.35. The summed E-state index contributed by atoms with van der Waals surface area (Å²) in [7, 11) is 0. The summed E-state index contributed by atoms with van der Waals surface area (Å²) in [5.74, 6) is 1.76. The molecule has 0 spiro atoms. The Labute approximate surface area is 68.7 Å². The number of allylic oxidation sites excluding steroid dienone is 1. The van der Waals surface area contributed by atoms with E-state index in [1.807, 2.05) is 0 Å². The molecule has 1 fully saturated rings. The van der Waals surface area contributed by atoms with Crippen LogP contribution in [0.4, 0.5) is 0 Å². The lowest BCUT2D eigenvalue weighted by atomic mass is 9.49. The van der Waals surface area contributed by atoms with E-state index in [0.717, 1.165) is 18.4 Å². The van der Waals surface area contributed by atoms with Gasteiger partial charge in [-0.2, -0.15) is 0 Å². The van der Waals surface area contributed by atoms with Gasteiger partial charge in [0.2, 0.25) is 0 Å². The van der Waals surface area contributed by atoms with Gasteiger partial charge in [-0.05, 0) is 30.1 Å². The zero-order valence-corrected chi connectivity index (χ0v) is 7.43. The molecule has 62 valence electrons. The average Bonchev–Trinajstić information content (AvgIpc) is 2.04. The monoisotopic (exact) mass is 151 g/mol. The third-order valence-electron chi connectivity index (χ3n) is 3.82. The lowest BCUT2D eigenvalue weighted by Crippen LogP contribution is -2.49. The minimum absolute atomic E-state index is 0.559. The smallest absolute Gasteiger partial charge is 0.0139 e. The van der Waals surface area contributed by atoms with E-state index in [2.05, 4.69) is 19.9 Å². The zero-order chi connectivity index (χ0) is 8.06. The van der Waals surface area contributed by atoms with Crippen LogP contribution in [-0.2, 0) is 0 Å². The Morgan fingerprint density at radius 3 is 2.73 bits per heavy atom. The molecule has 3 aliphatic rings. The summed E-state index contributed by atoms with van der Waals surface area (Å²) < 4.78 is 0. The van der Waals surface area contributed by atoms with Crippen molar-refractivity contribution in [2.24, 2.45) is 23.0 Å². The number of rotatable bonds is 1. The van der Waals surface area contributed by atoms with Crippen molar-refractivity contribution in [3.63, 3.8) is 0 Å². The van der Waals surface area contributed by atoms with Crippen LogP contribution in [0.2, 0.25) is 0 Å². The minimum Gasteiger partial charge on any atom is -0.327 e. The molecule has 0 unspecified atom stereocenters. The van der Waals surface area contributed by atoms with Crippen LogP contribution in [-0.4, -0.2) is 6.54 Å². The van der Waals surface area contributed by atoms with Crippen LogP contribution in [0.15, 0.2) is 11.6 Å². The molecule has 1 heteroatoms. The van der Waals surface area contributed by atoms with Gasteiger partial charge in [-0.3, -0.25) is 0 Å². The fourth-order valence-corrected chi connectivity index (χ4v) is 2.71. The number of hydrogen-bond donors (Lipinski definition) is 1. The van der Waals surface area contributed by atoms with Crippen molar-refractivity contribution in [1.29, 1.82) is 0 Å². The average molecular weight is 151 g/mol. The second kappa shape index (κ2) is 2.10. The third kappa shape index (κ3) is 0.807. The fourth-order valence-electron chi connectivity index (χ4n) is 2.71. The van der Waals surface area contributed by atoms with Gasteiger partial charge in [0, 0.05) is 6.54 Å². The molecule has 0 aliphatic heterocycles. The van der Waals surface area contributed by atoms with Gasteiger partial charge in [0.1, 0.15) is 0 Å². The van der Waals surface area contributed by atoms with Gasteiger partial charge in [-0.1, -0.05) is 25.5 Å². The summed E-state index contributed by atoms with van der Waals surface area (Å²) in [4.78, 5) is 0. The summed E-state index contributed by atoms with van der Waals surface area (Å²) in [5.41, 5.74) is 7.74. The van der Waals surface area contributed by atoms with Crippen molar-refractivity contribution >= 4 is 0 Å². The SMILES string of the molecule is CC1(C)[C@H]2CC=C(CN)[C@@H]1C2. The lowest BCUT2D eigenvalue weighted by molar-refractivity contribution is -0.00665. The largest absolute Gasteiger partial charge is 0.327 e. The van der Waals surface area contributed by atoms with Crippen molar-refractivity contribution in [3.05, 3.63) is 11.6 Å². The summed E-state index contributed by atoms with van der Waals surface area (Å²) in [6, 6.07) is 0. The Balaban J connectivity index is 2.23. The first-order valence-electron chi connectivity index (χ1n) is 4.55. The van der Waals surface area contributed by atoms with Crippen LogP contribution >= 0.6 is 0 Å². The second-order valence-electron chi connectivity index (χ2n) is 4.53. The molecule has 0 aromatic rings. The van der Waals surface area contributed by atoms with E-state index in [9.17, 15) is 0 Å². The standard InChI is InChI=1S/C10H17N/c1-10(2)8-4-3-7(6-11)9(10)5-8/h3,8-9H,4-6,11H2,1-2H3/t8-,9-/m0/s1. The molecule has 0 amide bonds. The van der Waals surface area contributed by atoms with E-state index in [-0.39, 0.29) is 0 Å². The highest BCUT2D eigenvalue weighted by atomic mass is 14.6. The van der Waals surface area contributed by atoms with Crippen LogP contribution < -0.4 is 5.73 Å². The van der Waals surface area contributed by atoms with Gasteiger partial charge >= 0.3 is 0 Å². The lowest BCUT2D eigenvalue weighted by Gasteiger charge is -2.56. The van der Waals surface area contributed by atoms with Crippen molar-refractivity contribution in [2.45, 2.75) is 26.7 Å². The summed E-state index contributed by atoms with van der Waals surface area (Å²) in [5, 5.41) is 0. The number of hydrogen-bond acceptors (Lipinski definition) is 1. The molecular formula is C10H17N. The maximum atomic E-state index is 5.67. The van der Waals surface area contributed by atoms with Crippen LogP contribution in [0.3, 0.4) is 0 Å². The van der Waals surface area contributed by atoms with E-state index in [4.69, 9.17) is 5.73 Å². The third-order valence-corrected chi connectivity index (χ3v) is 3.82. The van der Waals surface area contributed by atoms with E-state index in [1.54, 1.807) is 0 Å². The van der Waals surface area contributed by atoms with Crippen LogP contribution in [0, 0.1) is 17.3 Å². The quantitative estimate of drug-likeness (QED) is 0.569. The summed E-state index contributed by atoms with van der Waals surface area (Å²) in [6.45, 7) is 5.55. The number of fused-ring (bicyclic) bond motifs is 1. The van der Waals surface area contributed by atoms with Gasteiger partial charge < -0.3 is 5.73 Å². The Morgan fingerprint density at radius 2 is 2.36 bits per heavy atom. The van der Waals surface area contributed by atoms with E-state index < -0.39 is 0 Å². The molecule has 11 heavy (non-hydrogen) atoms. The van der Waals surface area contributed by atoms with Crippen LogP contribution in [0.25, 0.3) is 0 Å². The maximum Gasteiger partial charge on any atom is 0.0139 e. The molecule has 0 aromatic heterocycles. The predicted molar refractivity (Wildman–Crippen MR) is 47.1 cm³/mol. The summed E-state index contributed by atoms with van der Waals surface area (Å²) >= 11 is 0. The van der Waals surface area contributed by atoms with Crippen LogP contribution in [0.5, 0.6) is 0 Å². The van der Waals surface area contributed by atoms with E-state index >= 15 is 0 Å². The molecule has 3 rings (SSSR count). The molecule has 0 heterocycles. The fraction of sp³-hybridized carbons (Fsp3) is 0.800. The van der Waals surface area contributed by atoms with E-state index in [0.29, 0.717) is 5.41 Å². The molecule has 1 nitrogen and oxygen atoms in total. The molecule has 2 atom stereocenters. The van der Waals surface area contributed by atoms with Crippen molar-refractivity contribution in [2.75, 3.05) is 6.54 Å². The van der Waals surface area contributed by atoms with E-state index in [1.165, 1.54) is 18.4 Å². The Bertz CT molecular complexity index is 203. The molecule has 0 saturated heterocycles. The van der Waals surface area contributed by atoms with Gasteiger partial charge in [0.25, 0.3) is 0 Å². The Hall–Kier alpha value is -0.300. The molecule has 1 saturated carbocycles. The second-order valence-corrected chi connectivity index (χ2v) is 4.53. The van der Waals surface area contributed by atoms with Gasteiger partial charge in [-0.15, -0.1) is 0 Å². The zero-order valence-electron chi connectivity index (χ0n) is 7.43. The van der Waals surface area contributed by atoms with Crippen molar-refractivity contribution in [3.8, 4) is 0 Å². The molecular weight excluding hydrogens is 134 g/mol. The van der Waals surface area contributed by atoms with Crippen LogP contribution in [0.1, 0.15) is 26.7 Å². The predicted octanol–water partition coefficient (Wildman–Crippen LogP) is 1.94. The summed E-state index contributed by atoms with van der Waals surface area (Å²) in [6.07, 6.45) is 5.04. The van der Waals surface area contributed by atoms with Gasteiger partial charge in [-0.25, -0.2) is 0 Å². The topological polar surface area (TPSA) is 26.0 Å². The first-order chi connectivity index (χ1) is 5.16. The molecule has 0 aromatic carbocycles. The normalized spacial score (nSPS) is 39.4. The maximum absolute atomic E-state index is 5.67. The Kier molecular flexibility index (Phi) is 1.40. The molecule has 2 N–H and O–H groups in total. The van der Waals surface area contributed by atoms with Gasteiger partial charge in [0.05, 0.1) is 0 Å². The highest BCUT2D eigenvalue weighted by Crippen LogP contribution is 2.58. The molecule has 3 aliphatic carbocycles.